The molecule has 0 aliphatic heterocycles. The van der Waals surface area contributed by atoms with Gasteiger partial charge in [-0.2, -0.15) is 0 Å². The van der Waals surface area contributed by atoms with Crippen molar-refractivity contribution < 1.29 is 4.79 Å². The van der Waals surface area contributed by atoms with E-state index in [1.807, 2.05) is 44.1 Å². The average Bonchev–Trinajstić information content (AvgIpc) is 2.20. The number of amides is 1. The van der Waals surface area contributed by atoms with Crippen LogP contribution in [0.15, 0.2) is 18.2 Å². The number of rotatable bonds is 3. The number of nitrogens with one attached hydrogen (secondary N) is 1. The Kier molecular flexibility index (Phi) is 3.90. The third kappa shape index (κ3) is 2.97. The Morgan fingerprint density at radius 1 is 1.44 bits per heavy atom. The lowest BCUT2D eigenvalue weighted by molar-refractivity contribution is -0.117. The molecule has 1 unspecified atom stereocenters. The zero-order valence-electron chi connectivity index (χ0n) is 10.2. The molecule has 0 aromatic heterocycles. The van der Waals surface area contributed by atoms with Crippen LogP contribution in [0.2, 0.25) is 0 Å². The molecule has 1 aromatic carbocycles. The molecule has 0 saturated carbocycles. The number of aryl methyl sites for hydroxylation is 1. The molecule has 1 amide bonds. The Morgan fingerprint density at radius 3 is 2.50 bits per heavy atom. The van der Waals surface area contributed by atoms with Gasteiger partial charge in [0.1, 0.15) is 0 Å². The molecule has 0 heterocycles. The molecule has 0 aliphatic rings. The molecular weight excluding hydrogens is 202 g/mol. The highest BCUT2D eigenvalue weighted by molar-refractivity contribution is 5.95. The summed E-state index contributed by atoms with van der Waals surface area (Å²) in [5, 5.41) is 2.79. The molecule has 88 valence electrons. The van der Waals surface area contributed by atoms with Crippen molar-refractivity contribution in [1.82, 2.24) is 0 Å². The first kappa shape index (κ1) is 12.5. The van der Waals surface area contributed by atoms with E-state index in [2.05, 4.69) is 5.32 Å². The SMILES string of the molecule is Cc1cc(N(C)C)ccc1NC(=O)C(C)N. The molecule has 1 atom stereocenters. The van der Waals surface area contributed by atoms with Crippen molar-refractivity contribution >= 4 is 17.3 Å². The minimum atomic E-state index is -0.493. The maximum absolute atomic E-state index is 11.4. The van der Waals surface area contributed by atoms with E-state index < -0.39 is 6.04 Å². The summed E-state index contributed by atoms with van der Waals surface area (Å²) in [7, 11) is 3.96. The molecule has 1 rings (SSSR count). The summed E-state index contributed by atoms with van der Waals surface area (Å²) in [5.74, 6) is -0.166. The lowest BCUT2D eigenvalue weighted by atomic mass is 10.1. The van der Waals surface area contributed by atoms with Crippen LogP contribution in [-0.4, -0.2) is 26.0 Å². The molecule has 4 heteroatoms. The molecule has 3 N–H and O–H groups in total. The van der Waals surface area contributed by atoms with Gasteiger partial charge in [-0.3, -0.25) is 4.79 Å². The summed E-state index contributed by atoms with van der Waals surface area (Å²) >= 11 is 0. The Morgan fingerprint density at radius 2 is 2.06 bits per heavy atom. The second kappa shape index (κ2) is 4.99. The topological polar surface area (TPSA) is 58.4 Å². The largest absolute Gasteiger partial charge is 0.378 e. The first-order chi connectivity index (χ1) is 7.41. The van der Waals surface area contributed by atoms with Crippen LogP contribution in [0.5, 0.6) is 0 Å². The zero-order chi connectivity index (χ0) is 12.3. The molecule has 1 aromatic rings. The second-order valence-electron chi connectivity index (χ2n) is 4.17. The number of anilines is 2. The highest BCUT2D eigenvalue weighted by atomic mass is 16.2. The van der Waals surface area contributed by atoms with Crippen molar-refractivity contribution in [1.29, 1.82) is 0 Å². The average molecular weight is 221 g/mol. The molecule has 0 fully saturated rings. The van der Waals surface area contributed by atoms with E-state index in [4.69, 9.17) is 5.73 Å². The fourth-order valence-corrected chi connectivity index (χ4v) is 1.31. The molecular formula is C12H19N3O. The highest BCUT2D eigenvalue weighted by Gasteiger charge is 2.09. The maximum Gasteiger partial charge on any atom is 0.241 e. The van der Waals surface area contributed by atoms with Crippen molar-refractivity contribution in [3.8, 4) is 0 Å². The van der Waals surface area contributed by atoms with Gasteiger partial charge in [0.25, 0.3) is 0 Å². The van der Waals surface area contributed by atoms with E-state index in [0.717, 1.165) is 16.9 Å². The monoisotopic (exact) mass is 221 g/mol. The number of hydrogen-bond acceptors (Lipinski definition) is 3. The number of benzene rings is 1. The van der Waals surface area contributed by atoms with E-state index in [1.165, 1.54) is 0 Å². The zero-order valence-corrected chi connectivity index (χ0v) is 10.2. The van der Waals surface area contributed by atoms with Crippen LogP contribution in [0.1, 0.15) is 12.5 Å². The van der Waals surface area contributed by atoms with Crippen molar-refractivity contribution in [3.05, 3.63) is 23.8 Å². The predicted molar refractivity (Wildman–Crippen MR) is 67.8 cm³/mol. The number of nitrogens with two attached hydrogens (primary N) is 1. The third-order valence-electron chi connectivity index (χ3n) is 2.40. The van der Waals surface area contributed by atoms with Crippen LogP contribution in [0.25, 0.3) is 0 Å². The smallest absolute Gasteiger partial charge is 0.241 e. The lowest BCUT2D eigenvalue weighted by Gasteiger charge is -2.16. The molecule has 0 bridgehead atoms. The van der Waals surface area contributed by atoms with Crippen LogP contribution >= 0.6 is 0 Å². The number of carbonyl (C=O) groups excluding carboxylic acids is 1. The maximum atomic E-state index is 11.4. The van der Waals surface area contributed by atoms with Gasteiger partial charge in [0, 0.05) is 25.5 Å². The Balaban J connectivity index is 2.87. The number of nitrogens with zero attached hydrogens (tertiary/aromatic N) is 1. The summed E-state index contributed by atoms with van der Waals surface area (Å²) < 4.78 is 0. The Labute approximate surface area is 96.4 Å². The summed E-state index contributed by atoms with van der Waals surface area (Å²) in [5.41, 5.74) is 8.44. The minimum Gasteiger partial charge on any atom is -0.378 e. The van der Waals surface area contributed by atoms with Crippen molar-refractivity contribution in [2.75, 3.05) is 24.3 Å². The van der Waals surface area contributed by atoms with Crippen LogP contribution in [0, 0.1) is 6.92 Å². The normalized spacial score (nSPS) is 12.1. The molecule has 0 saturated heterocycles. The highest BCUT2D eigenvalue weighted by Crippen LogP contribution is 2.21. The minimum absolute atomic E-state index is 0.166. The quantitative estimate of drug-likeness (QED) is 0.810. The van der Waals surface area contributed by atoms with Gasteiger partial charge in [-0.05, 0) is 37.6 Å². The third-order valence-corrected chi connectivity index (χ3v) is 2.40. The number of hydrogen-bond donors (Lipinski definition) is 2. The molecule has 0 aliphatic carbocycles. The van der Waals surface area contributed by atoms with Gasteiger partial charge in [0.15, 0.2) is 0 Å². The first-order valence-electron chi connectivity index (χ1n) is 5.26. The first-order valence-corrected chi connectivity index (χ1v) is 5.26. The van der Waals surface area contributed by atoms with Gasteiger partial charge < -0.3 is 16.0 Å². The van der Waals surface area contributed by atoms with Crippen LogP contribution in [0.3, 0.4) is 0 Å². The Bertz CT molecular complexity index is 386. The molecule has 0 radical (unpaired) electrons. The van der Waals surface area contributed by atoms with E-state index in [-0.39, 0.29) is 5.91 Å². The van der Waals surface area contributed by atoms with Crippen molar-refractivity contribution in [3.63, 3.8) is 0 Å². The molecule has 16 heavy (non-hydrogen) atoms. The van der Waals surface area contributed by atoms with Crippen LogP contribution in [0.4, 0.5) is 11.4 Å². The van der Waals surface area contributed by atoms with Gasteiger partial charge in [0.2, 0.25) is 5.91 Å². The van der Waals surface area contributed by atoms with E-state index in [0.29, 0.717) is 0 Å². The second-order valence-corrected chi connectivity index (χ2v) is 4.17. The summed E-state index contributed by atoms with van der Waals surface area (Å²) in [4.78, 5) is 13.5. The van der Waals surface area contributed by atoms with E-state index in [9.17, 15) is 4.79 Å². The fourth-order valence-electron chi connectivity index (χ4n) is 1.31. The van der Waals surface area contributed by atoms with E-state index in [1.54, 1.807) is 6.92 Å². The molecule has 0 spiro atoms. The van der Waals surface area contributed by atoms with Gasteiger partial charge in [0.05, 0.1) is 6.04 Å². The molecule has 4 nitrogen and oxygen atoms in total. The van der Waals surface area contributed by atoms with E-state index >= 15 is 0 Å². The summed E-state index contributed by atoms with van der Waals surface area (Å²) in [6, 6.07) is 5.39. The van der Waals surface area contributed by atoms with Gasteiger partial charge >= 0.3 is 0 Å². The van der Waals surface area contributed by atoms with Crippen LogP contribution in [-0.2, 0) is 4.79 Å². The predicted octanol–water partition coefficient (Wildman–Crippen LogP) is 1.35. The lowest BCUT2D eigenvalue weighted by Crippen LogP contribution is -2.32. The summed E-state index contributed by atoms with van der Waals surface area (Å²) in [6.45, 7) is 3.63. The van der Waals surface area contributed by atoms with Crippen molar-refractivity contribution in [2.45, 2.75) is 19.9 Å². The standard InChI is InChI=1S/C12H19N3O/c1-8-7-10(15(3)4)5-6-11(8)14-12(16)9(2)13/h5-7,9H,13H2,1-4H3,(H,14,16). The number of carbonyl (C=O) groups is 1. The Hall–Kier alpha value is -1.55. The summed E-state index contributed by atoms with van der Waals surface area (Å²) in [6.07, 6.45) is 0. The van der Waals surface area contributed by atoms with Gasteiger partial charge in [-0.1, -0.05) is 0 Å². The van der Waals surface area contributed by atoms with Gasteiger partial charge in [-0.15, -0.1) is 0 Å². The fraction of sp³-hybridized carbons (Fsp3) is 0.417. The van der Waals surface area contributed by atoms with Crippen LogP contribution < -0.4 is 16.0 Å². The van der Waals surface area contributed by atoms with Crippen molar-refractivity contribution in [2.24, 2.45) is 5.73 Å². The van der Waals surface area contributed by atoms with Gasteiger partial charge in [-0.25, -0.2) is 0 Å².